The minimum Gasteiger partial charge on any atom is -0.444 e. The third-order valence-corrected chi connectivity index (χ3v) is 1.51. The lowest BCUT2D eigenvalue weighted by Crippen LogP contribution is -2.38. The number of rotatable bonds is 3. The Morgan fingerprint density at radius 1 is 1.64 bits per heavy atom. The van der Waals surface area contributed by atoms with Crippen LogP contribution >= 0.6 is 0 Å². The van der Waals surface area contributed by atoms with Gasteiger partial charge in [-0.25, -0.2) is 9.78 Å². The van der Waals surface area contributed by atoms with Gasteiger partial charge in [-0.1, -0.05) is 0 Å². The standard InChI is InChI=1S/C9H15N3O2/c1-6(2)12-9(13)11-5-8-4-10-7(3)14-8/h4,6H,5H2,1-3H3,(H2,11,12,13). The first-order valence-corrected chi connectivity index (χ1v) is 4.53. The summed E-state index contributed by atoms with van der Waals surface area (Å²) in [5.74, 6) is 1.26. The average molecular weight is 197 g/mol. The fraction of sp³-hybridized carbons (Fsp3) is 0.556. The van der Waals surface area contributed by atoms with Crippen LogP contribution in [0.3, 0.4) is 0 Å². The molecule has 1 aromatic heterocycles. The van der Waals surface area contributed by atoms with Crippen molar-refractivity contribution in [3.8, 4) is 0 Å². The second-order valence-corrected chi connectivity index (χ2v) is 3.33. The number of aryl methyl sites for hydroxylation is 1. The molecular formula is C9H15N3O2. The largest absolute Gasteiger partial charge is 0.444 e. The monoisotopic (exact) mass is 197 g/mol. The number of nitrogens with one attached hydrogen (secondary N) is 2. The number of hydrogen-bond donors (Lipinski definition) is 2. The van der Waals surface area contributed by atoms with Crippen LogP contribution in [0.25, 0.3) is 0 Å². The molecule has 0 radical (unpaired) electrons. The van der Waals surface area contributed by atoms with E-state index in [1.165, 1.54) is 0 Å². The number of amides is 2. The van der Waals surface area contributed by atoms with Gasteiger partial charge in [-0.15, -0.1) is 0 Å². The Morgan fingerprint density at radius 2 is 2.36 bits per heavy atom. The van der Waals surface area contributed by atoms with Gasteiger partial charge in [-0.2, -0.15) is 0 Å². The van der Waals surface area contributed by atoms with Gasteiger partial charge in [0.1, 0.15) is 5.76 Å². The van der Waals surface area contributed by atoms with E-state index >= 15 is 0 Å². The van der Waals surface area contributed by atoms with Crippen molar-refractivity contribution in [2.75, 3.05) is 0 Å². The average Bonchev–Trinajstić information content (AvgIpc) is 2.47. The van der Waals surface area contributed by atoms with E-state index in [9.17, 15) is 4.79 Å². The highest BCUT2D eigenvalue weighted by molar-refractivity contribution is 5.73. The molecule has 0 aliphatic rings. The van der Waals surface area contributed by atoms with Crippen molar-refractivity contribution in [1.82, 2.24) is 15.6 Å². The second kappa shape index (κ2) is 4.64. The van der Waals surface area contributed by atoms with E-state index in [-0.39, 0.29) is 12.1 Å². The van der Waals surface area contributed by atoms with Gasteiger partial charge in [0, 0.05) is 13.0 Å². The molecule has 0 aromatic carbocycles. The van der Waals surface area contributed by atoms with Crippen LogP contribution in [-0.4, -0.2) is 17.1 Å². The lowest BCUT2D eigenvalue weighted by molar-refractivity contribution is 0.237. The Hall–Kier alpha value is -1.52. The Bertz CT molecular complexity index is 307. The first-order valence-electron chi connectivity index (χ1n) is 4.53. The fourth-order valence-corrected chi connectivity index (χ4v) is 0.968. The molecule has 1 heterocycles. The molecule has 0 saturated heterocycles. The van der Waals surface area contributed by atoms with Crippen molar-refractivity contribution in [1.29, 1.82) is 0 Å². The number of carbonyl (C=O) groups is 1. The molecule has 14 heavy (non-hydrogen) atoms. The predicted molar refractivity (Wildman–Crippen MR) is 51.7 cm³/mol. The highest BCUT2D eigenvalue weighted by Gasteiger charge is 2.04. The second-order valence-electron chi connectivity index (χ2n) is 3.33. The normalized spacial score (nSPS) is 10.3. The van der Waals surface area contributed by atoms with Gasteiger partial charge in [0.25, 0.3) is 0 Å². The van der Waals surface area contributed by atoms with Crippen molar-refractivity contribution >= 4 is 6.03 Å². The minimum absolute atomic E-state index is 0.131. The molecule has 1 rings (SSSR count). The Labute approximate surface area is 82.9 Å². The van der Waals surface area contributed by atoms with Crippen molar-refractivity contribution < 1.29 is 9.21 Å². The van der Waals surface area contributed by atoms with Gasteiger partial charge >= 0.3 is 6.03 Å². The zero-order valence-corrected chi connectivity index (χ0v) is 8.63. The van der Waals surface area contributed by atoms with Crippen LogP contribution in [0, 0.1) is 6.92 Å². The summed E-state index contributed by atoms with van der Waals surface area (Å²) in [5, 5.41) is 5.37. The van der Waals surface area contributed by atoms with Crippen molar-refractivity contribution in [3.05, 3.63) is 17.8 Å². The molecule has 2 N–H and O–H groups in total. The smallest absolute Gasteiger partial charge is 0.315 e. The van der Waals surface area contributed by atoms with Crippen molar-refractivity contribution in [2.24, 2.45) is 0 Å². The Kier molecular flexibility index (Phi) is 3.50. The molecule has 0 aliphatic heterocycles. The Morgan fingerprint density at radius 3 is 2.86 bits per heavy atom. The number of urea groups is 1. The molecule has 5 nitrogen and oxygen atoms in total. The number of oxazole rings is 1. The summed E-state index contributed by atoms with van der Waals surface area (Å²) in [6, 6.07) is -0.0690. The molecule has 0 spiro atoms. The summed E-state index contributed by atoms with van der Waals surface area (Å²) >= 11 is 0. The van der Waals surface area contributed by atoms with Gasteiger partial charge in [0.2, 0.25) is 0 Å². The summed E-state index contributed by atoms with van der Waals surface area (Å²) in [6.07, 6.45) is 1.60. The maximum Gasteiger partial charge on any atom is 0.315 e. The third-order valence-electron chi connectivity index (χ3n) is 1.51. The molecular weight excluding hydrogens is 182 g/mol. The SMILES string of the molecule is Cc1ncc(CNC(=O)NC(C)C)o1. The lowest BCUT2D eigenvalue weighted by Gasteiger charge is -2.08. The summed E-state index contributed by atoms with van der Waals surface area (Å²) in [6.45, 7) is 5.92. The summed E-state index contributed by atoms with van der Waals surface area (Å²) in [5.41, 5.74) is 0. The maximum atomic E-state index is 11.1. The van der Waals surface area contributed by atoms with E-state index in [1.807, 2.05) is 13.8 Å². The van der Waals surface area contributed by atoms with E-state index in [0.717, 1.165) is 0 Å². The molecule has 1 aromatic rings. The van der Waals surface area contributed by atoms with E-state index in [2.05, 4.69) is 15.6 Å². The van der Waals surface area contributed by atoms with Crippen LogP contribution < -0.4 is 10.6 Å². The van der Waals surface area contributed by atoms with Crippen LogP contribution in [0.5, 0.6) is 0 Å². The van der Waals surface area contributed by atoms with E-state index in [0.29, 0.717) is 18.2 Å². The van der Waals surface area contributed by atoms with Gasteiger partial charge in [-0.3, -0.25) is 0 Å². The highest BCUT2D eigenvalue weighted by atomic mass is 16.4. The van der Waals surface area contributed by atoms with E-state index < -0.39 is 0 Å². The number of carbonyl (C=O) groups excluding carboxylic acids is 1. The molecule has 5 heteroatoms. The minimum atomic E-state index is -0.200. The van der Waals surface area contributed by atoms with E-state index in [1.54, 1.807) is 13.1 Å². The first kappa shape index (κ1) is 10.6. The van der Waals surface area contributed by atoms with Crippen molar-refractivity contribution in [2.45, 2.75) is 33.4 Å². The van der Waals surface area contributed by atoms with Crippen molar-refractivity contribution in [3.63, 3.8) is 0 Å². The van der Waals surface area contributed by atoms with Gasteiger partial charge in [0.15, 0.2) is 5.89 Å². The molecule has 0 aliphatic carbocycles. The van der Waals surface area contributed by atoms with E-state index in [4.69, 9.17) is 4.42 Å². The maximum absolute atomic E-state index is 11.1. The molecule has 0 saturated carbocycles. The van der Waals surface area contributed by atoms with Crippen LogP contribution in [0.4, 0.5) is 4.79 Å². The summed E-state index contributed by atoms with van der Waals surface area (Å²) in [7, 11) is 0. The summed E-state index contributed by atoms with van der Waals surface area (Å²) in [4.78, 5) is 15.1. The van der Waals surface area contributed by atoms with Crippen LogP contribution in [-0.2, 0) is 6.54 Å². The Balaban J connectivity index is 2.30. The number of nitrogens with zero attached hydrogens (tertiary/aromatic N) is 1. The molecule has 78 valence electrons. The predicted octanol–water partition coefficient (Wildman–Crippen LogP) is 1.19. The number of aromatic nitrogens is 1. The topological polar surface area (TPSA) is 67.2 Å². The van der Waals surface area contributed by atoms with Gasteiger partial charge in [0.05, 0.1) is 12.7 Å². The molecule has 2 amide bonds. The quantitative estimate of drug-likeness (QED) is 0.764. The number of hydrogen-bond acceptors (Lipinski definition) is 3. The zero-order valence-electron chi connectivity index (χ0n) is 8.63. The third kappa shape index (κ3) is 3.47. The highest BCUT2D eigenvalue weighted by Crippen LogP contribution is 2.00. The molecule has 0 atom stereocenters. The zero-order chi connectivity index (χ0) is 10.6. The lowest BCUT2D eigenvalue weighted by atomic mass is 10.4. The van der Waals surface area contributed by atoms with Gasteiger partial charge in [-0.05, 0) is 13.8 Å². The molecule has 0 fully saturated rings. The molecule has 0 unspecified atom stereocenters. The van der Waals surface area contributed by atoms with Crippen LogP contribution in [0.15, 0.2) is 10.6 Å². The van der Waals surface area contributed by atoms with Crippen LogP contribution in [0.1, 0.15) is 25.5 Å². The fourth-order valence-electron chi connectivity index (χ4n) is 0.968. The van der Waals surface area contributed by atoms with Gasteiger partial charge < -0.3 is 15.1 Å². The summed E-state index contributed by atoms with van der Waals surface area (Å²) < 4.78 is 5.19. The first-order chi connectivity index (χ1) is 6.58. The van der Waals surface area contributed by atoms with Crippen LogP contribution in [0.2, 0.25) is 0 Å². The molecule has 0 bridgehead atoms.